The van der Waals surface area contributed by atoms with Gasteiger partial charge in [-0.3, -0.25) is 28.2 Å². The van der Waals surface area contributed by atoms with Gasteiger partial charge < -0.3 is 14.7 Å². The summed E-state index contributed by atoms with van der Waals surface area (Å²) >= 11 is 0. The van der Waals surface area contributed by atoms with Crippen LogP contribution in [0.5, 0.6) is 0 Å². The fraction of sp³-hybridized carbons (Fsp3) is 0. The van der Waals surface area contributed by atoms with Gasteiger partial charge in [-0.1, -0.05) is 0 Å². The Morgan fingerprint density at radius 1 is 0.667 bits per heavy atom. The van der Waals surface area contributed by atoms with E-state index in [0.717, 1.165) is 0 Å². The van der Waals surface area contributed by atoms with Gasteiger partial charge in [-0.15, -0.1) is 0 Å². The van der Waals surface area contributed by atoms with Gasteiger partial charge in [-0.05, 0) is 0 Å². The summed E-state index contributed by atoms with van der Waals surface area (Å²) in [7, 11) is -4.64. The molecule has 0 aliphatic heterocycles. The van der Waals surface area contributed by atoms with Crippen molar-refractivity contribution in [2.24, 2.45) is 0 Å². The van der Waals surface area contributed by atoms with E-state index >= 15 is 0 Å². The summed E-state index contributed by atoms with van der Waals surface area (Å²) in [6.45, 7) is 0. The van der Waals surface area contributed by atoms with Gasteiger partial charge in [0.1, 0.15) is 0 Å². The molecule has 0 radical (unpaired) electrons. The maximum absolute atomic E-state index is 8.88. The molecule has 0 unspecified atom stereocenters. The minimum atomic E-state index is -4.64. The number of halogens is 6. The van der Waals surface area contributed by atoms with Crippen LogP contribution in [0.15, 0.2) is 0 Å². The maximum atomic E-state index is 8.88. The van der Waals surface area contributed by atoms with E-state index in [4.69, 9.17) is 19.2 Å². The molecular weight excluding hydrogens is 232 g/mol. The molecular formula is H10F6NaO4P. The van der Waals surface area contributed by atoms with Gasteiger partial charge in [0, 0.05) is 0 Å². The zero-order valence-electron chi connectivity index (χ0n) is 4.65. The molecule has 0 fully saturated rings. The van der Waals surface area contributed by atoms with Crippen molar-refractivity contribution in [2.75, 3.05) is 0 Å². The Balaban J connectivity index is -0.00000000381. The molecule has 12 heavy (non-hydrogen) atoms. The molecule has 0 rings (SSSR count). The molecule has 0 heterocycles. The van der Waals surface area contributed by atoms with Crippen molar-refractivity contribution >= 4 is 37.4 Å². The van der Waals surface area contributed by atoms with Gasteiger partial charge >= 0.3 is 37.4 Å². The van der Waals surface area contributed by atoms with Crippen LogP contribution in [0.1, 0.15) is 0 Å². The molecule has 0 saturated heterocycles. The third-order valence-electron chi connectivity index (χ3n) is 0. The summed E-state index contributed by atoms with van der Waals surface area (Å²) in [6, 6.07) is 0. The first-order valence-corrected chi connectivity index (χ1v) is 2.35. The second-order valence-electron chi connectivity index (χ2n) is 0.513. The third-order valence-corrected chi connectivity index (χ3v) is 0. The first-order chi connectivity index (χ1) is 2.00. The Morgan fingerprint density at radius 2 is 0.667 bits per heavy atom. The molecule has 0 aromatic rings. The number of phosphoric acid groups is 1. The van der Waals surface area contributed by atoms with E-state index in [-0.39, 0.29) is 57.8 Å². The van der Waals surface area contributed by atoms with Crippen LogP contribution in [-0.4, -0.2) is 44.2 Å². The van der Waals surface area contributed by atoms with Crippen LogP contribution in [0.3, 0.4) is 0 Å². The molecule has 4 nitrogen and oxygen atoms in total. The van der Waals surface area contributed by atoms with Crippen LogP contribution in [0.25, 0.3) is 0 Å². The number of rotatable bonds is 0. The third kappa shape index (κ3) is 2110. The van der Waals surface area contributed by atoms with Gasteiger partial charge in [0.2, 0.25) is 0 Å². The van der Waals surface area contributed by atoms with Crippen molar-refractivity contribution in [2.45, 2.75) is 0 Å². The van der Waals surface area contributed by atoms with Crippen LogP contribution >= 0.6 is 7.82 Å². The summed E-state index contributed by atoms with van der Waals surface area (Å²) in [5.74, 6) is 0. The number of hydrogen-bond acceptors (Lipinski definition) is 1. The molecule has 0 bridgehead atoms. The van der Waals surface area contributed by atoms with Crippen LogP contribution in [-0.2, 0) is 4.57 Å². The summed E-state index contributed by atoms with van der Waals surface area (Å²) < 4.78 is 8.88. The molecule has 82 valence electrons. The zero-order valence-corrected chi connectivity index (χ0v) is 5.54. The van der Waals surface area contributed by atoms with Gasteiger partial charge in [0.15, 0.2) is 0 Å². The normalized spacial score (nSPS) is 4.92. The molecule has 0 aromatic carbocycles. The average molecular weight is 242 g/mol. The zero-order chi connectivity index (χ0) is 4.50. The molecule has 3 N–H and O–H groups in total. The number of hydrogen-bond donors (Lipinski definition) is 3. The van der Waals surface area contributed by atoms with E-state index in [2.05, 4.69) is 0 Å². The Kier molecular flexibility index (Phi) is 196. The Bertz CT molecular complexity index is 65.7. The first-order valence-electron chi connectivity index (χ1n) is 0.783. The van der Waals surface area contributed by atoms with Gasteiger partial charge in [-0.2, -0.15) is 0 Å². The monoisotopic (exact) mass is 242 g/mol. The molecule has 0 aromatic heterocycles. The summed E-state index contributed by atoms with van der Waals surface area (Å²) in [5, 5.41) is 0. The van der Waals surface area contributed by atoms with Crippen molar-refractivity contribution in [1.82, 2.24) is 0 Å². The van der Waals surface area contributed by atoms with Crippen molar-refractivity contribution < 1.29 is 47.5 Å². The molecule has 12 heteroatoms. The summed E-state index contributed by atoms with van der Waals surface area (Å²) in [5.41, 5.74) is 0. The van der Waals surface area contributed by atoms with E-state index in [1.54, 1.807) is 0 Å². The Hall–Kier alpha value is 0.690. The SMILES string of the molecule is F.F.F.F.F.F.O=P(O)(O)O.[NaH]. The van der Waals surface area contributed by atoms with Crippen molar-refractivity contribution in [3.63, 3.8) is 0 Å². The van der Waals surface area contributed by atoms with Crippen LogP contribution in [0.4, 0.5) is 28.2 Å². The summed E-state index contributed by atoms with van der Waals surface area (Å²) in [4.78, 5) is 21.6. The quantitative estimate of drug-likeness (QED) is 0.299. The fourth-order valence-electron chi connectivity index (χ4n) is 0. The first kappa shape index (κ1) is 78.8. The topological polar surface area (TPSA) is 77.8 Å². The van der Waals surface area contributed by atoms with E-state index in [1.165, 1.54) is 0 Å². The van der Waals surface area contributed by atoms with Crippen molar-refractivity contribution in [3.8, 4) is 0 Å². The second kappa shape index (κ2) is 29.8. The predicted octanol–water partition coefficient (Wildman–Crippen LogP) is -0.662. The van der Waals surface area contributed by atoms with Crippen molar-refractivity contribution in [3.05, 3.63) is 0 Å². The standard InChI is InChI=1S/6FH.Na.H3O4P.H/c;;;;;;;1-5(2,3)4;/h6*1H;;(H3,1,2,3,4);. The predicted molar refractivity (Wildman–Crippen MR) is 36.4 cm³/mol. The summed E-state index contributed by atoms with van der Waals surface area (Å²) in [6.07, 6.45) is 0. The van der Waals surface area contributed by atoms with E-state index < -0.39 is 7.82 Å². The Labute approximate surface area is 85.1 Å². The van der Waals surface area contributed by atoms with Gasteiger partial charge in [-0.25, -0.2) is 4.57 Å². The van der Waals surface area contributed by atoms with E-state index in [9.17, 15) is 0 Å². The second-order valence-corrected chi connectivity index (χ2v) is 1.54. The Morgan fingerprint density at radius 3 is 0.667 bits per heavy atom. The molecule has 0 amide bonds. The molecule has 0 saturated carbocycles. The fourth-order valence-corrected chi connectivity index (χ4v) is 0. The van der Waals surface area contributed by atoms with E-state index in [0.29, 0.717) is 0 Å². The van der Waals surface area contributed by atoms with Gasteiger partial charge in [0.05, 0.1) is 0 Å². The van der Waals surface area contributed by atoms with E-state index in [1.807, 2.05) is 0 Å². The average Bonchev–Trinajstić information content (AvgIpc) is 0.722. The van der Waals surface area contributed by atoms with Crippen LogP contribution < -0.4 is 0 Å². The molecule has 0 spiro atoms. The van der Waals surface area contributed by atoms with Crippen LogP contribution in [0, 0.1) is 0 Å². The molecule has 0 atom stereocenters. The van der Waals surface area contributed by atoms with Crippen LogP contribution in [0.2, 0.25) is 0 Å². The molecule has 0 aliphatic rings. The van der Waals surface area contributed by atoms with Gasteiger partial charge in [0.25, 0.3) is 0 Å². The van der Waals surface area contributed by atoms with Crippen molar-refractivity contribution in [1.29, 1.82) is 0 Å². The minimum absolute atomic E-state index is 0. The molecule has 0 aliphatic carbocycles.